The largest absolute Gasteiger partial charge is 0.353 e. The lowest BCUT2D eigenvalue weighted by Gasteiger charge is -2.37. The molecule has 4 heteroatoms. The Balaban J connectivity index is 0.00000180. The van der Waals surface area contributed by atoms with E-state index in [-0.39, 0.29) is 23.7 Å². The molecule has 112 valence electrons. The van der Waals surface area contributed by atoms with E-state index in [0.29, 0.717) is 6.04 Å². The molecular weight excluding hydrogens is 260 g/mol. The van der Waals surface area contributed by atoms with Crippen LogP contribution in [0.1, 0.15) is 52.9 Å². The molecule has 2 rings (SSSR count). The topological polar surface area (TPSA) is 41.1 Å². The first-order chi connectivity index (χ1) is 8.49. The summed E-state index contributed by atoms with van der Waals surface area (Å²) in [5.41, 5.74) is -0.192. The minimum absolute atomic E-state index is 0. The Morgan fingerprint density at radius 1 is 1.21 bits per heavy atom. The molecule has 0 aromatic carbocycles. The number of nitrogens with one attached hydrogen (secondary N) is 2. The number of hydrogen-bond donors (Lipinski definition) is 2. The smallest absolute Gasteiger partial charge is 0.227 e. The van der Waals surface area contributed by atoms with Crippen LogP contribution in [0, 0.1) is 17.3 Å². The van der Waals surface area contributed by atoms with Crippen LogP contribution in [-0.4, -0.2) is 25.0 Å². The summed E-state index contributed by atoms with van der Waals surface area (Å²) in [7, 11) is 0. The maximum atomic E-state index is 12.5. The van der Waals surface area contributed by atoms with Crippen LogP contribution in [0.3, 0.4) is 0 Å². The van der Waals surface area contributed by atoms with E-state index in [9.17, 15) is 4.79 Å². The summed E-state index contributed by atoms with van der Waals surface area (Å²) < 4.78 is 0. The zero-order valence-electron chi connectivity index (χ0n) is 12.5. The molecule has 1 saturated carbocycles. The van der Waals surface area contributed by atoms with Crippen LogP contribution < -0.4 is 10.6 Å². The molecular formula is C15H29ClN2O. The van der Waals surface area contributed by atoms with Crippen molar-refractivity contribution in [3.63, 3.8) is 0 Å². The molecule has 0 spiro atoms. The molecule has 1 aliphatic carbocycles. The Morgan fingerprint density at radius 3 is 2.37 bits per heavy atom. The third-order valence-electron chi connectivity index (χ3n) is 4.66. The van der Waals surface area contributed by atoms with E-state index in [0.717, 1.165) is 50.6 Å². The molecule has 3 atom stereocenters. The van der Waals surface area contributed by atoms with Gasteiger partial charge in [0.15, 0.2) is 0 Å². The van der Waals surface area contributed by atoms with Crippen molar-refractivity contribution in [3.8, 4) is 0 Å². The Labute approximate surface area is 123 Å². The molecule has 0 bridgehead atoms. The van der Waals surface area contributed by atoms with Crippen molar-refractivity contribution in [1.29, 1.82) is 0 Å². The Morgan fingerprint density at radius 2 is 1.84 bits per heavy atom. The van der Waals surface area contributed by atoms with Gasteiger partial charge in [-0.1, -0.05) is 13.8 Å². The Bertz CT molecular complexity index is 293. The van der Waals surface area contributed by atoms with Gasteiger partial charge in [0.1, 0.15) is 0 Å². The molecule has 2 N–H and O–H groups in total. The summed E-state index contributed by atoms with van der Waals surface area (Å²) in [5, 5.41) is 6.66. The van der Waals surface area contributed by atoms with Crippen molar-refractivity contribution in [3.05, 3.63) is 0 Å². The molecule has 0 aromatic rings. The monoisotopic (exact) mass is 288 g/mol. The molecule has 3 nitrogen and oxygen atoms in total. The summed E-state index contributed by atoms with van der Waals surface area (Å²) >= 11 is 0. The number of carbonyl (C=O) groups is 1. The SMILES string of the molecule is CC1CC(C)CC(NC(=O)C2(C)CCCNC2)C1.Cl. The van der Waals surface area contributed by atoms with Gasteiger partial charge in [0, 0.05) is 12.6 Å². The van der Waals surface area contributed by atoms with Crippen molar-refractivity contribution in [2.75, 3.05) is 13.1 Å². The van der Waals surface area contributed by atoms with Gasteiger partial charge in [0.2, 0.25) is 5.91 Å². The minimum atomic E-state index is -0.192. The van der Waals surface area contributed by atoms with Gasteiger partial charge in [-0.2, -0.15) is 0 Å². The van der Waals surface area contributed by atoms with Crippen LogP contribution in [0.2, 0.25) is 0 Å². The molecule has 0 radical (unpaired) electrons. The van der Waals surface area contributed by atoms with E-state index in [1.807, 2.05) is 0 Å². The van der Waals surface area contributed by atoms with Crippen molar-refractivity contribution < 1.29 is 4.79 Å². The van der Waals surface area contributed by atoms with Crippen LogP contribution in [-0.2, 0) is 4.79 Å². The second-order valence-electron chi connectivity index (χ2n) is 6.93. The summed E-state index contributed by atoms with van der Waals surface area (Å²) in [6, 6.07) is 0.398. The third kappa shape index (κ3) is 4.35. The van der Waals surface area contributed by atoms with E-state index in [4.69, 9.17) is 0 Å². The second-order valence-corrected chi connectivity index (χ2v) is 6.93. The lowest BCUT2D eigenvalue weighted by atomic mass is 9.78. The van der Waals surface area contributed by atoms with Gasteiger partial charge in [-0.3, -0.25) is 4.79 Å². The van der Waals surface area contributed by atoms with Crippen LogP contribution in [0.4, 0.5) is 0 Å². The van der Waals surface area contributed by atoms with E-state index in [1.165, 1.54) is 6.42 Å². The number of rotatable bonds is 2. The zero-order valence-corrected chi connectivity index (χ0v) is 13.3. The maximum absolute atomic E-state index is 12.5. The molecule has 0 aromatic heterocycles. The van der Waals surface area contributed by atoms with Gasteiger partial charge in [0.05, 0.1) is 5.41 Å². The van der Waals surface area contributed by atoms with E-state index < -0.39 is 0 Å². The highest BCUT2D eigenvalue weighted by atomic mass is 35.5. The minimum Gasteiger partial charge on any atom is -0.353 e. The number of hydrogen-bond acceptors (Lipinski definition) is 2. The van der Waals surface area contributed by atoms with Gasteiger partial charge in [-0.25, -0.2) is 0 Å². The maximum Gasteiger partial charge on any atom is 0.227 e. The average Bonchev–Trinajstić information content (AvgIpc) is 2.28. The van der Waals surface area contributed by atoms with Gasteiger partial charge >= 0.3 is 0 Å². The summed E-state index contributed by atoms with van der Waals surface area (Å²) in [6.07, 6.45) is 5.75. The molecule has 1 heterocycles. The van der Waals surface area contributed by atoms with E-state index >= 15 is 0 Å². The van der Waals surface area contributed by atoms with Crippen molar-refractivity contribution in [2.24, 2.45) is 17.3 Å². The van der Waals surface area contributed by atoms with Crippen LogP contribution in [0.15, 0.2) is 0 Å². The van der Waals surface area contributed by atoms with Gasteiger partial charge < -0.3 is 10.6 Å². The van der Waals surface area contributed by atoms with Crippen LogP contribution >= 0.6 is 12.4 Å². The number of amides is 1. The number of halogens is 1. The lowest BCUT2D eigenvalue weighted by molar-refractivity contribution is -0.132. The third-order valence-corrected chi connectivity index (χ3v) is 4.66. The standard InChI is InChI=1S/C15H28N2O.ClH/c1-11-7-12(2)9-13(8-11)17-14(18)15(3)5-4-6-16-10-15;/h11-13,16H,4-10H2,1-3H3,(H,17,18);1H. The van der Waals surface area contributed by atoms with Crippen molar-refractivity contribution in [2.45, 2.75) is 58.9 Å². The fourth-order valence-electron chi connectivity index (χ4n) is 3.67. The normalized spacial score (nSPS) is 39.2. The highest BCUT2D eigenvalue weighted by Gasteiger charge is 2.36. The first kappa shape index (κ1) is 16.8. The molecule has 2 fully saturated rings. The van der Waals surface area contributed by atoms with Crippen LogP contribution in [0.25, 0.3) is 0 Å². The predicted octanol–water partition coefficient (Wildman–Crippen LogP) is 2.74. The number of carbonyl (C=O) groups excluding carboxylic acids is 1. The number of piperidine rings is 1. The van der Waals surface area contributed by atoms with Gasteiger partial charge in [-0.05, 0) is 57.4 Å². The zero-order chi connectivity index (χ0) is 13.2. The predicted molar refractivity (Wildman–Crippen MR) is 81.6 cm³/mol. The fourth-order valence-corrected chi connectivity index (χ4v) is 3.67. The quantitative estimate of drug-likeness (QED) is 0.820. The Kier molecular flexibility index (Phi) is 6.13. The molecule has 19 heavy (non-hydrogen) atoms. The van der Waals surface area contributed by atoms with E-state index in [1.54, 1.807) is 0 Å². The molecule has 2 aliphatic rings. The summed E-state index contributed by atoms with van der Waals surface area (Å²) in [6.45, 7) is 8.60. The molecule has 1 saturated heterocycles. The van der Waals surface area contributed by atoms with Gasteiger partial charge in [-0.15, -0.1) is 12.4 Å². The average molecular weight is 289 g/mol. The summed E-state index contributed by atoms with van der Waals surface area (Å²) in [4.78, 5) is 12.5. The fraction of sp³-hybridized carbons (Fsp3) is 0.933. The van der Waals surface area contributed by atoms with E-state index in [2.05, 4.69) is 31.4 Å². The highest BCUT2D eigenvalue weighted by Crippen LogP contribution is 2.30. The van der Waals surface area contributed by atoms with Crippen molar-refractivity contribution in [1.82, 2.24) is 10.6 Å². The first-order valence-electron chi connectivity index (χ1n) is 7.51. The highest BCUT2D eigenvalue weighted by molar-refractivity contribution is 5.85. The lowest BCUT2D eigenvalue weighted by Crippen LogP contribution is -2.52. The Hall–Kier alpha value is -0.280. The molecule has 3 unspecified atom stereocenters. The molecule has 1 aliphatic heterocycles. The van der Waals surface area contributed by atoms with Crippen molar-refractivity contribution >= 4 is 18.3 Å². The first-order valence-corrected chi connectivity index (χ1v) is 7.51. The molecule has 1 amide bonds. The van der Waals surface area contributed by atoms with Gasteiger partial charge in [0.25, 0.3) is 0 Å². The van der Waals surface area contributed by atoms with Crippen LogP contribution in [0.5, 0.6) is 0 Å². The second kappa shape index (κ2) is 6.94. The summed E-state index contributed by atoms with van der Waals surface area (Å²) in [5.74, 6) is 1.76.